The lowest BCUT2D eigenvalue weighted by atomic mass is 10.2. The highest BCUT2D eigenvalue weighted by Crippen LogP contribution is 2.36. The summed E-state index contributed by atoms with van der Waals surface area (Å²) in [4.78, 5) is 11.1. The largest absolute Gasteiger partial charge is 0.482 e. The van der Waals surface area contributed by atoms with Crippen LogP contribution in [0.4, 0.5) is 11.4 Å². The van der Waals surface area contributed by atoms with Crippen LogP contribution in [0.3, 0.4) is 0 Å². The molecular weight excluding hydrogens is 240 g/mol. The molecule has 0 atom stereocenters. The van der Waals surface area contributed by atoms with E-state index in [1.165, 1.54) is 0 Å². The van der Waals surface area contributed by atoms with E-state index in [0.29, 0.717) is 22.4 Å². The van der Waals surface area contributed by atoms with Crippen molar-refractivity contribution in [1.29, 1.82) is 0 Å². The zero-order valence-corrected chi connectivity index (χ0v) is 10.6. The third-order valence-corrected chi connectivity index (χ3v) is 2.72. The zero-order valence-electron chi connectivity index (χ0n) is 9.84. The molecule has 0 aromatic heterocycles. The molecule has 0 saturated carbocycles. The fraction of sp³-hybridized carbons (Fsp3) is 0.417. The second kappa shape index (κ2) is 4.84. The van der Waals surface area contributed by atoms with Gasteiger partial charge in [-0.3, -0.25) is 4.79 Å². The van der Waals surface area contributed by atoms with Crippen LogP contribution in [0.2, 0.25) is 5.02 Å². The monoisotopic (exact) mass is 254 g/mol. The Morgan fingerprint density at radius 3 is 3.00 bits per heavy atom. The molecule has 1 aromatic rings. The summed E-state index contributed by atoms with van der Waals surface area (Å²) in [5, 5.41) is 6.54. The minimum atomic E-state index is -0.156. The molecule has 5 heteroatoms. The Hall–Kier alpha value is -1.42. The molecule has 1 aliphatic heterocycles. The predicted molar refractivity (Wildman–Crippen MR) is 68.9 cm³/mol. The number of anilines is 2. The minimum absolute atomic E-state index is 0.0538. The van der Waals surface area contributed by atoms with Crippen LogP contribution in [0.15, 0.2) is 12.1 Å². The van der Waals surface area contributed by atoms with Gasteiger partial charge in [0.15, 0.2) is 6.61 Å². The van der Waals surface area contributed by atoms with Crippen LogP contribution in [0.1, 0.15) is 13.8 Å². The second-order valence-electron chi connectivity index (χ2n) is 4.44. The number of hydrogen-bond acceptors (Lipinski definition) is 3. The van der Waals surface area contributed by atoms with Crippen LogP contribution in [-0.4, -0.2) is 19.1 Å². The van der Waals surface area contributed by atoms with E-state index in [9.17, 15) is 4.79 Å². The van der Waals surface area contributed by atoms with Crippen molar-refractivity contribution in [3.63, 3.8) is 0 Å². The van der Waals surface area contributed by atoms with Crippen molar-refractivity contribution in [2.75, 3.05) is 23.8 Å². The topological polar surface area (TPSA) is 50.4 Å². The molecule has 2 rings (SSSR count). The first kappa shape index (κ1) is 12.0. The highest BCUT2D eigenvalue weighted by atomic mass is 35.5. The molecule has 4 nitrogen and oxygen atoms in total. The molecule has 1 heterocycles. The Bertz CT molecular complexity index is 446. The van der Waals surface area contributed by atoms with Crippen molar-refractivity contribution in [1.82, 2.24) is 0 Å². The molecule has 0 saturated heterocycles. The first-order chi connectivity index (χ1) is 8.06. The molecule has 0 aliphatic carbocycles. The Labute approximate surface area is 105 Å². The van der Waals surface area contributed by atoms with Gasteiger partial charge in [0, 0.05) is 12.6 Å². The maximum atomic E-state index is 11.1. The number of carbonyl (C=O) groups excluding carboxylic acids is 1. The van der Waals surface area contributed by atoms with Crippen molar-refractivity contribution in [3.8, 4) is 5.75 Å². The van der Waals surface area contributed by atoms with E-state index in [0.717, 1.165) is 12.2 Å². The maximum absolute atomic E-state index is 11.1. The number of amides is 1. The summed E-state index contributed by atoms with van der Waals surface area (Å²) in [5.74, 6) is 1.03. The molecule has 2 N–H and O–H groups in total. The number of ether oxygens (including phenoxy) is 1. The van der Waals surface area contributed by atoms with E-state index >= 15 is 0 Å². The third-order valence-electron chi connectivity index (χ3n) is 2.40. The number of fused-ring (bicyclic) bond motifs is 1. The molecule has 0 spiro atoms. The lowest BCUT2D eigenvalue weighted by Crippen LogP contribution is -2.25. The summed E-state index contributed by atoms with van der Waals surface area (Å²) < 4.78 is 5.33. The van der Waals surface area contributed by atoms with Crippen LogP contribution in [0, 0.1) is 5.92 Å². The number of carbonyl (C=O) groups is 1. The second-order valence-corrected chi connectivity index (χ2v) is 4.85. The Kier molecular flexibility index (Phi) is 3.43. The van der Waals surface area contributed by atoms with E-state index in [2.05, 4.69) is 24.5 Å². The van der Waals surface area contributed by atoms with E-state index < -0.39 is 0 Å². The summed E-state index contributed by atoms with van der Waals surface area (Å²) in [6.07, 6.45) is 0. The Morgan fingerprint density at radius 1 is 1.53 bits per heavy atom. The van der Waals surface area contributed by atoms with Crippen LogP contribution < -0.4 is 15.4 Å². The third kappa shape index (κ3) is 2.82. The quantitative estimate of drug-likeness (QED) is 0.872. The molecule has 1 aromatic carbocycles. The fourth-order valence-electron chi connectivity index (χ4n) is 1.55. The molecule has 1 amide bonds. The van der Waals surface area contributed by atoms with Crippen molar-refractivity contribution in [2.45, 2.75) is 13.8 Å². The normalized spacial score (nSPS) is 14.0. The van der Waals surface area contributed by atoms with Crippen LogP contribution in [0.5, 0.6) is 5.75 Å². The average molecular weight is 255 g/mol. The van der Waals surface area contributed by atoms with Crippen LogP contribution >= 0.6 is 11.6 Å². The van der Waals surface area contributed by atoms with Crippen molar-refractivity contribution >= 4 is 28.9 Å². The average Bonchev–Trinajstić information content (AvgIpc) is 2.26. The van der Waals surface area contributed by atoms with Gasteiger partial charge in [0.05, 0.1) is 16.4 Å². The maximum Gasteiger partial charge on any atom is 0.262 e. The summed E-state index contributed by atoms with van der Waals surface area (Å²) in [6, 6.07) is 3.52. The molecule has 0 radical (unpaired) electrons. The van der Waals surface area contributed by atoms with E-state index in [1.54, 1.807) is 6.07 Å². The molecule has 0 unspecified atom stereocenters. The smallest absolute Gasteiger partial charge is 0.262 e. The highest BCUT2D eigenvalue weighted by molar-refractivity contribution is 6.33. The molecule has 0 bridgehead atoms. The van der Waals surface area contributed by atoms with Gasteiger partial charge >= 0.3 is 0 Å². The summed E-state index contributed by atoms with van der Waals surface area (Å²) in [7, 11) is 0. The van der Waals surface area contributed by atoms with Gasteiger partial charge < -0.3 is 15.4 Å². The van der Waals surface area contributed by atoms with E-state index in [1.807, 2.05) is 6.07 Å². The van der Waals surface area contributed by atoms with Gasteiger partial charge in [-0.1, -0.05) is 25.4 Å². The molecule has 0 fully saturated rings. The highest BCUT2D eigenvalue weighted by Gasteiger charge is 2.18. The van der Waals surface area contributed by atoms with E-state index in [-0.39, 0.29) is 12.5 Å². The van der Waals surface area contributed by atoms with Crippen LogP contribution in [0.25, 0.3) is 0 Å². The van der Waals surface area contributed by atoms with Crippen molar-refractivity contribution < 1.29 is 9.53 Å². The Balaban J connectivity index is 2.22. The first-order valence-electron chi connectivity index (χ1n) is 5.56. The van der Waals surface area contributed by atoms with E-state index in [4.69, 9.17) is 16.3 Å². The molecule has 1 aliphatic rings. The summed E-state index contributed by atoms with van der Waals surface area (Å²) in [6.45, 7) is 5.13. The van der Waals surface area contributed by atoms with Gasteiger partial charge in [-0.15, -0.1) is 0 Å². The Morgan fingerprint density at radius 2 is 2.29 bits per heavy atom. The van der Waals surface area contributed by atoms with Gasteiger partial charge in [0.25, 0.3) is 5.91 Å². The number of halogens is 1. The SMILES string of the molecule is CC(C)CNc1cc2c(cc1Cl)NC(=O)CO2. The number of benzene rings is 1. The van der Waals surface area contributed by atoms with Gasteiger partial charge in [-0.2, -0.15) is 0 Å². The van der Waals surface area contributed by atoms with Gasteiger partial charge in [-0.25, -0.2) is 0 Å². The predicted octanol–water partition coefficient (Wildman–Crippen LogP) is 2.74. The molecule has 92 valence electrons. The minimum Gasteiger partial charge on any atom is -0.482 e. The lowest BCUT2D eigenvalue weighted by Gasteiger charge is -2.20. The van der Waals surface area contributed by atoms with Gasteiger partial charge in [0.2, 0.25) is 0 Å². The van der Waals surface area contributed by atoms with Crippen molar-refractivity contribution in [2.24, 2.45) is 5.92 Å². The number of hydrogen-bond donors (Lipinski definition) is 2. The standard InChI is InChI=1S/C12H15ClN2O2/c1-7(2)5-14-9-4-11-10(3-8(9)13)15-12(16)6-17-11/h3-4,7,14H,5-6H2,1-2H3,(H,15,16). The van der Waals surface area contributed by atoms with Crippen molar-refractivity contribution in [3.05, 3.63) is 17.2 Å². The lowest BCUT2D eigenvalue weighted by molar-refractivity contribution is -0.118. The first-order valence-corrected chi connectivity index (χ1v) is 5.94. The zero-order chi connectivity index (χ0) is 12.4. The number of rotatable bonds is 3. The molecule has 17 heavy (non-hydrogen) atoms. The van der Waals surface area contributed by atoms with Crippen LogP contribution in [-0.2, 0) is 4.79 Å². The number of nitrogens with one attached hydrogen (secondary N) is 2. The summed E-state index contributed by atoms with van der Waals surface area (Å²) in [5.41, 5.74) is 1.46. The molecular formula is C12H15ClN2O2. The van der Waals surface area contributed by atoms with Gasteiger partial charge in [-0.05, 0) is 12.0 Å². The fourth-order valence-corrected chi connectivity index (χ4v) is 1.78. The van der Waals surface area contributed by atoms with Gasteiger partial charge in [0.1, 0.15) is 5.75 Å². The summed E-state index contributed by atoms with van der Waals surface area (Å²) >= 11 is 6.12.